The smallest absolute Gasteiger partial charge is 0.0270 e. The third kappa shape index (κ3) is 1.89. The number of nitrogens with two attached hydrogens (primary N) is 1. The van der Waals surface area contributed by atoms with Gasteiger partial charge >= 0.3 is 0 Å². The molecule has 0 amide bonds. The highest BCUT2D eigenvalue weighted by atomic mass is 14.7. The number of rotatable bonds is 3. The van der Waals surface area contributed by atoms with E-state index in [2.05, 4.69) is 11.9 Å². The third-order valence-electron chi connectivity index (χ3n) is 3.14. The van der Waals surface area contributed by atoms with Crippen molar-refractivity contribution in [2.24, 2.45) is 11.1 Å². The van der Waals surface area contributed by atoms with Crippen molar-refractivity contribution >= 4 is 0 Å². The fourth-order valence-corrected chi connectivity index (χ4v) is 1.59. The van der Waals surface area contributed by atoms with Gasteiger partial charge in [-0.1, -0.05) is 6.92 Å². The average molecular weight is 176 g/mol. The van der Waals surface area contributed by atoms with Crippen LogP contribution < -0.4 is 5.73 Å². The minimum Gasteiger partial charge on any atom is -0.327 e. The van der Waals surface area contributed by atoms with Crippen molar-refractivity contribution in [2.75, 3.05) is 0 Å². The van der Waals surface area contributed by atoms with Crippen molar-refractivity contribution in [1.82, 2.24) is 4.98 Å². The summed E-state index contributed by atoms with van der Waals surface area (Å²) >= 11 is 0. The first kappa shape index (κ1) is 8.70. The van der Waals surface area contributed by atoms with Gasteiger partial charge in [-0.05, 0) is 42.4 Å². The van der Waals surface area contributed by atoms with E-state index in [0.29, 0.717) is 11.5 Å². The highest BCUT2D eigenvalue weighted by Gasteiger charge is 2.42. The van der Waals surface area contributed by atoms with Gasteiger partial charge in [-0.15, -0.1) is 0 Å². The largest absolute Gasteiger partial charge is 0.327 e. The second kappa shape index (κ2) is 3.11. The summed E-state index contributed by atoms with van der Waals surface area (Å²) in [6.45, 7) is 2.28. The minimum atomic E-state index is 0.315. The number of hydrogen-bond donors (Lipinski definition) is 1. The number of pyridine rings is 1. The molecule has 1 atom stereocenters. The van der Waals surface area contributed by atoms with Gasteiger partial charge in [0.25, 0.3) is 0 Å². The molecular weight excluding hydrogens is 160 g/mol. The van der Waals surface area contributed by atoms with Crippen LogP contribution in [0.4, 0.5) is 0 Å². The summed E-state index contributed by atoms with van der Waals surface area (Å²) in [6.07, 6.45) is 7.23. The molecule has 1 fully saturated rings. The molecule has 1 aromatic heterocycles. The van der Waals surface area contributed by atoms with E-state index < -0.39 is 0 Å². The summed E-state index contributed by atoms with van der Waals surface area (Å²) in [5.74, 6) is 0. The van der Waals surface area contributed by atoms with Gasteiger partial charge in [0.2, 0.25) is 0 Å². The molecule has 13 heavy (non-hydrogen) atoms. The molecule has 0 saturated heterocycles. The first-order valence-corrected chi connectivity index (χ1v) is 4.85. The normalized spacial score (nSPS) is 21.1. The van der Waals surface area contributed by atoms with Crippen LogP contribution in [0, 0.1) is 5.41 Å². The Hall–Kier alpha value is -0.890. The van der Waals surface area contributed by atoms with E-state index in [0.717, 1.165) is 6.42 Å². The molecule has 1 heterocycles. The monoisotopic (exact) mass is 176 g/mol. The van der Waals surface area contributed by atoms with Gasteiger partial charge in [-0.3, -0.25) is 4.98 Å². The SMILES string of the molecule is CC1(C(N)Cc2ccncc2)CC1. The van der Waals surface area contributed by atoms with Crippen LogP contribution in [0.5, 0.6) is 0 Å². The third-order valence-corrected chi connectivity index (χ3v) is 3.14. The Morgan fingerprint density at radius 2 is 2.08 bits per heavy atom. The molecule has 1 aromatic rings. The van der Waals surface area contributed by atoms with Crippen LogP contribution in [0.2, 0.25) is 0 Å². The van der Waals surface area contributed by atoms with Gasteiger partial charge in [0.1, 0.15) is 0 Å². The van der Waals surface area contributed by atoms with Crippen LogP contribution in [0.15, 0.2) is 24.5 Å². The van der Waals surface area contributed by atoms with Crippen molar-refractivity contribution in [3.8, 4) is 0 Å². The van der Waals surface area contributed by atoms with Crippen molar-refractivity contribution in [3.05, 3.63) is 30.1 Å². The molecule has 0 aromatic carbocycles. The van der Waals surface area contributed by atoms with Gasteiger partial charge < -0.3 is 5.73 Å². The Balaban J connectivity index is 1.98. The summed E-state index contributed by atoms with van der Waals surface area (Å²) in [4.78, 5) is 3.99. The van der Waals surface area contributed by atoms with Crippen LogP contribution in [0.1, 0.15) is 25.3 Å². The first-order chi connectivity index (χ1) is 6.21. The van der Waals surface area contributed by atoms with Crippen LogP contribution in [-0.4, -0.2) is 11.0 Å². The molecule has 0 bridgehead atoms. The molecule has 1 aliphatic rings. The van der Waals surface area contributed by atoms with E-state index >= 15 is 0 Å². The van der Waals surface area contributed by atoms with E-state index in [1.807, 2.05) is 24.5 Å². The molecule has 0 spiro atoms. The number of nitrogens with zero attached hydrogens (tertiary/aromatic N) is 1. The lowest BCUT2D eigenvalue weighted by molar-refractivity contribution is 0.433. The molecule has 0 radical (unpaired) electrons. The van der Waals surface area contributed by atoms with E-state index in [9.17, 15) is 0 Å². The molecule has 70 valence electrons. The predicted octanol–water partition coefficient (Wildman–Crippen LogP) is 1.75. The highest BCUT2D eigenvalue weighted by molar-refractivity contribution is 5.13. The summed E-state index contributed by atoms with van der Waals surface area (Å²) in [6, 6.07) is 4.41. The Morgan fingerprint density at radius 3 is 2.62 bits per heavy atom. The second-order valence-electron chi connectivity index (χ2n) is 4.32. The van der Waals surface area contributed by atoms with E-state index in [4.69, 9.17) is 5.73 Å². The van der Waals surface area contributed by atoms with Crippen molar-refractivity contribution < 1.29 is 0 Å². The molecule has 2 N–H and O–H groups in total. The van der Waals surface area contributed by atoms with Crippen LogP contribution >= 0.6 is 0 Å². The van der Waals surface area contributed by atoms with E-state index in [-0.39, 0.29) is 0 Å². The number of aromatic nitrogens is 1. The molecule has 2 heteroatoms. The maximum Gasteiger partial charge on any atom is 0.0270 e. The quantitative estimate of drug-likeness (QED) is 0.762. The average Bonchev–Trinajstić information content (AvgIpc) is 2.87. The van der Waals surface area contributed by atoms with E-state index in [1.165, 1.54) is 18.4 Å². The summed E-state index contributed by atoms with van der Waals surface area (Å²) in [5, 5.41) is 0. The summed E-state index contributed by atoms with van der Waals surface area (Å²) < 4.78 is 0. The second-order valence-corrected chi connectivity index (χ2v) is 4.32. The van der Waals surface area contributed by atoms with Gasteiger partial charge in [0.05, 0.1) is 0 Å². The van der Waals surface area contributed by atoms with Gasteiger partial charge in [0.15, 0.2) is 0 Å². The predicted molar refractivity (Wildman–Crippen MR) is 53.3 cm³/mol. The Kier molecular flexibility index (Phi) is 2.08. The lowest BCUT2D eigenvalue weighted by atomic mass is 9.94. The molecule has 0 aliphatic heterocycles. The Bertz CT molecular complexity index is 277. The standard InChI is InChI=1S/C11H16N2/c1-11(4-5-11)10(12)8-9-2-6-13-7-3-9/h2-3,6-7,10H,4-5,8,12H2,1H3. The lowest BCUT2D eigenvalue weighted by Gasteiger charge is -2.18. The van der Waals surface area contributed by atoms with Crippen LogP contribution in [0.25, 0.3) is 0 Å². The highest BCUT2D eigenvalue weighted by Crippen LogP contribution is 2.47. The van der Waals surface area contributed by atoms with Gasteiger partial charge in [-0.25, -0.2) is 0 Å². The summed E-state index contributed by atoms with van der Waals surface area (Å²) in [7, 11) is 0. The zero-order valence-electron chi connectivity index (χ0n) is 8.03. The zero-order valence-corrected chi connectivity index (χ0v) is 8.03. The van der Waals surface area contributed by atoms with E-state index in [1.54, 1.807) is 0 Å². The maximum atomic E-state index is 6.12. The molecule has 1 aliphatic carbocycles. The topological polar surface area (TPSA) is 38.9 Å². The molecule has 1 unspecified atom stereocenters. The zero-order chi connectivity index (χ0) is 9.31. The Morgan fingerprint density at radius 1 is 1.46 bits per heavy atom. The van der Waals surface area contributed by atoms with Gasteiger partial charge in [-0.2, -0.15) is 0 Å². The van der Waals surface area contributed by atoms with Gasteiger partial charge in [0, 0.05) is 18.4 Å². The fraction of sp³-hybridized carbons (Fsp3) is 0.545. The fourth-order valence-electron chi connectivity index (χ4n) is 1.59. The van der Waals surface area contributed by atoms with Crippen LogP contribution in [0.3, 0.4) is 0 Å². The van der Waals surface area contributed by atoms with Crippen molar-refractivity contribution in [2.45, 2.75) is 32.2 Å². The molecular formula is C11H16N2. The maximum absolute atomic E-state index is 6.12. The van der Waals surface area contributed by atoms with Crippen molar-refractivity contribution in [1.29, 1.82) is 0 Å². The number of hydrogen-bond acceptors (Lipinski definition) is 2. The minimum absolute atomic E-state index is 0.315. The molecule has 1 saturated carbocycles. The van der Waals surface area contributed by atoms with Crippen molar-refractivity contribution in [3.63, 3.8) is 0 Å². The molecule has 2 nitrogen and oxygen atoms in total. The molecule has 2 rings (SSSR count). The summed E-state index contributed by atoms with van der Waals surface area (Å²) in [5.41, 5.74) is 7.85. The Labute approximate surface area is 79.2 Å². The first-order valence-electron chi connectivity index (χ1n) is 4.85. The lowest BCUT2D eigenvalue weighted by Crippen LogP contribution is -2.31. The van der Waals surface area contributed by atoms with Crippen LogP contribution in [-0.2, 0) is 6.42 Å².